The fourth-order valence-electron chi connectivity index (χ4n) is 2.68. The Bertz CT molecular complexity index is 977. The molecule has 2 atom stereocenters. The average Bonchev–Trinajstić information content (AvgIpc) is 2.80. The first-order valence-electron chi connectivity index (χ1n) is 6.70. The summed E-state index contributed by atoms with van der Waals surface area (Å²) >= 11 is 0. The molecule has 2 aromatic carbocycles. The lowest BCUT2D eigenvalue weighted by molar-refractivity contribution is 0.210. The highest BCUT2D eigenvalue weighted by Crippen LogP contribution is 2.54. The number of rotatable bonds is 1. The van der Waals surface area contributed by atoms with Crippen LogP contribution in [0.2, 0.25) is 0 Å². The highest BCUT2D eigenvalue weighted by atomic mass is 31.2. The van der Waals surface area contributed by atoms with Crippen molar-refractivity contribution in [2.45, 2.75) is 6.10 Å². The highest BCUT2D eigenvalue weighted by Gasteiger charge is 2.46. The molecule has 0 amide bonds. The van der Waals surface area contributed by atoms with E-state index in [9.17, 15) is 14.3 Å². The third kappa shape index (κ3) is 1.87. The summed E-state index contributed by atoms with van der Waals surface area (Å²) in [5.74, 6) is 0.112. The van der Waals surface area contributed by atoms with E-state index in [-0.39, 0.29) is 16.5 Å². The van der Waals surface area contributed by atoms with Gasteiger partial charge in [0.25, 0.3) is 0 Å². The summed E-state index contributed by atoms with van der Waals surface area (Å²) in [4.78, 5) is 22.6. The van der Waals surface area contributed by atoms with E-state index in [4.69, 9.17) is 8.94 Å². The van der Waals surface area contributed by atoms with Gasteiger partial charge in [-0.15, -0.1) is 0 Å². The summed E-state index contributed by atoms with van der Waals surface area (Å²) < 4.78 is 23.4. The monoisotopic (exact) mass is 314 g/mol. The smallest absolute Gasteiger partial charge is 0.367 e. The Morgan fingerprint density at radius 1 is 1.00 bits per heavy atom. The van der Waals surface area contributed by atoms with Crippen molar-refractivity contribution in [3.05, 3.63) is 76.1 Å². The van der Waals surface area contributed by atoms with Crippen LogP contribution >= 0.6 is 7.60 Å². The quantitative estimate of drug-likeness (QED) is 0.699. The van der Waals surface area contributed by atoms with E-state index in [0.29, 0.717) is 11.1 Å². The second kappa shape index (κ2) is 4.65. The van der Waals surface area contributed by atoms with Crippen LogP contribution in [0.3, 0.4) is 0 Å². The number of fused-ring (bicyclic) bond motifs is 2. The lowest BCUT2D eigenvalue weighted by Crippen LogP contribution is -2.25. The second-order valence-electron chi connectivity index (χ2n) is 5.06. The zero-order chi connectivity index (χ0) is 15.3. The summed E-state index contributed by atoms with van der Waals surface area (Å²) in [5, 5.41) is 0.00731. The molecule has 1 N–H and O–H groups in total. The average molecular weight is 314 g/mol. The van der Waals surface area contributed by atoms with E-state index in [0.717, 1.165) is 0 Å². The van der Waals surface area contributed by atoms with E-state index in [1.807, 2.05) is 6.07 Å². The molecular formula is C16H11O5P. The SMILES string of the molecule is O=c1c2c(oc3ccccc13)C(c1ccccc1)OP2(=O)O. The Hall–Kier alpha value is -2.20. The van der Waals surface area contributed by atoms with Crippen LogP contribution in [0.5, 0.6) is 0 Å². The number of para-hydroxylation sites is 1. The van der Waals surface area contributed by atoms with E-state index in [1.54, 1.807) is 48.5 Å². The van der Waals surface area contributed by atoms with Gasteiger partial charge in [0.2, 0.25) is 5.43 Å². The van der Waals surface area contributed by atoms with Crippen LogP contribution in [0.25, 0.3) is 11.0 Å². The van der Waals surface area contributed by atoms with Gasteiger partial charge in [-0.1, -0.05) is 42.5 Å². The minimum atomic E-state index is -4.20. The van der Waals surface area contributed by atoms with Gasteiger partial charge < -0.3 is 9.31 Å². The molecule has 5 nitrogen and oxygen atoms in total. The van der Waals surface area contributed by atoms with Crippen LogP contribution < -0.4 is 10.7 Å². The van der Waals surface area contributed by atoms with Gasteiger partial charge >= 0.3 is 7.60 Å². The van der Waals surface area contributed by atoms with Crippen molar-refractivity contribution in [2.75, 3.05) is 0 Å². The van der Waals surface area contributed by atoms with E-state index < -0.39 is 19.1 Å². The molecule has 6 heteroatoms. The van der Waals surface area contributed by atoms with Gasteiger partial charge in [0, 0.05) is 0 Å². The van der Waals surface area contributed by atoms with E-state index in [2.05, 4.69) is 0 Å². The molecular weight excluding hydrogens is 303 g/mol. The third-order valence-corrected chi connectivity index (χ3v) is 5.16. The van der Waals surface area contributed by atoms with E-state index in [1.165, 1.54) is 0 Å². The van der Waals surface area contributed by atoms with Crippen LogP contribution in [-0.2, 0) is 9.09 Å². The van der Waals surface area contributed by atoms with Gasteiger partial charge in [0.1, 0.15) is 5.58 Å². The number of hydrogen-bond donors (Lipinski definition) is 1. The zero-order valence-corrected chi connectivity index (χ0v) is 12.2. The van der Waals surface area contributed by atoms with Crippen LogP contribution in [0.1, 0.15) is 17.4 Å². The molecule has 1 aliphatic rings. The predicted octanol–water partition coefficient (Wildman–Crippen LogP) is 2.72. The maximum absolute atomic E-state index is 12.5. The first-order valence-corrected chi connectivity index (χ1v) is 8.28. The maximum atomic E-state index is 12.5. The minimum Gasteiger partial charge on any atom is -0.457 e. The molecule has 0 radical (unpaired) electrons. The first kappa shape index (κ1) is 13.5. The molecule has 3 aromatic rings. The van der Waals surface area contributed by atoms with Gasteiger partial charge in [0.05, 0.1) is 5.39 Å². The predicted molar refractivity (Wildman–Crippen MR) is 81.3 cm³/mol. The Morgan fingerprint density at radius 2 is 1.68 bits per heavy atom. The Balaban J connectivity index is 2.06. The summed E-state index contributed by atoms with van der Waals surface area (Å²) in [6.07, 6.45) is -0.857. The molecule has 0 aliphatic carbocycles. The number of hydrogen-bond acceptors (Lipinski definition) is 4. The van der Waals surface area contributed by atoms with Crippen LogP contribution in [0, 0.1) is 0 Å². The van der Waals surface area contributed by atoms with Crippen molar-refractivity contribution < 1.29 is 18.4 Å². The van der Waals surface area contributed by atoms with E-state index >= 15 is 0 Å². The van der Waals surface area contributed by atoms with Gasteiger partial charge in [-0.05, 0) is 17.7 Å². The van der Waals surface area contributed by atoms with Crippen molar-refractivity contribution in [3.8, 4) is 0 Å². The first-order chi connectivity index (χ1) is 10.6. The fourth-order valence-corrected chi connectivity index (χ4v) is 4.11. The molecule has 22 heavy (non-hydrogen) atoms. The molecule has 2 heterocycles. The maximum Gasteiger partial charge on any atom is 0.367 e. The summed E-state index contributed by atoms with van der Waals surface area (Å²) in [7, 11) is -4.20. The van der Waals surface area contributed by atoms with Crippen molar-refractivity contribution in [1.82, 2.24) is 0 Å². The summed E-state index contributed by atoms with van der Waals surface area (Å²) in [6, 6.07) is 15.6. The van der Waals surface area contributed by atoms with Crippen LogP contribution in [-0.4, -0.2) is 4.89 Å². The Kier molecular flexibility index (Phi) is 2.84. The van der Waals surface area contributed by atoms with Crippen molar-refractivity contribution in [1.29, 1.82) is 0 Å². The normalized spacial score (nSPS) is 23.6. The zero-order valence-electron chi connectivity index (χ0n) is 11.3. The molecule has 1 aromatic heterocycles. The molecule has 1 aliphatic heterocycles. The molecule has 0 bridgehead atoms. The largest absolute Gasteiger partial charge is 0.457 e. The van der Waals surface area contributed by atoms with Crippen molar-refractivity contribution in [3.63, 3.8) is 0 Å². The van der Waals surface area contributed by atoms with Crippen LogP contribution in [0.4, 0.5) is 0 Å². The Labute approximate surface area is 125 Å². The van der Waals surface area contributed by atoms with Crippen LogP contribution in [0.15, 0.2) is 63.8 Å². The van der Waals surface area contributed by atoms with Gasteiger partial charge in [-0.3, -0.25) is 13.9 Å². The van der Waals surface area contributed by atoms with Gasteiger partial charge in [-0.2, -0.15) is 0 Å². The lowest BCUT2D eigenvalue weighted by atomic mass is 10.1. The van der Waals surface area contributed by atoms with Gasteiger partial charge in [0.15, 0.2) is 17.2 Å². The van der Waals surface area contributed by atoms with Crippen molar-refractivity contribution >= 4 is 23.9 Å². The van der Waals surface area contributed by atoms with Crippen molar-refractivity contribution in [2.24, 2.45) is 0 Å². The third-order valence-electron chi connectivity index (χ3n) is 3.67. The van der Waals surface area contributed by atoms with Gasteiger partial charge in [-0.25, -0.2) is 0 Å². The standard InChI is InChI=1S/C16H11O5P/c17-13-11-8-4-5-9-12(11)20-15-14(10-6-2-1-3-7-10)21-22(18,19)16(13)15/h1-9,14H,(H,18,19). The highest BCUT2D eigenvalue weighted by molar-refractivity contribution is 7.61. The molecule has 0 fully saturated rings. The molecule has 0 spiro atoms. The summed E-state index contributed by atoms with van der Waals surface area (Å²) in [5.41, 5.74) is 0.521. The Morgan fingerprint density at radius 3 is 2.45 bits per heavy atom. The minimum absolute atomic E-state index is 0.112. The molecule has 0 saturated carbocycles. The molecule has 110 valence electrons. The topological polar surface area (TPSA) is 76.7 Å². The second-order valence-corrected chi connectivity index (χ2v) is 6.76. The molecule has 4 rings (SSSR count). The summed E-state index contributed by atoms with van der Waals surface area (Å²) in [6.45, 7) is 0. The molecule has 2 unspecified atom stereocenters. The number of benzene rings is 2. The molecule has 0 saturated heterocycles. The fraction of sp³-hybridized carbons (Fsp3) is 0.0625. The lowest BCUT2D eigenvalue weighted by Gasteiger charge is -2.10.